The van der Waals surface area contributed by atoms with Crippen molar-refractivity contribution in [1.82, 2.24) is 25.0 Å². The maximum absolute atomic E-state index is 13.0. The molecule has 2 saturated heterocycles. The number of nitrogens with zero attached hydrogens (tertiary/aromatic N) is 4. The van der Waals surface area contributed by atoms with Gasteiger partial charge in [-0.05, 0) is 50.8 Å². The number of carbonyl (C=O) groups excluding carboxylic acids is 3. The van der Waals surface area contributed by atoms with Crippen molar-refractivity contribution in [3.8, 4) is 0 Å². The second kappa shape index (κ2) is 10.4. The molecule has 3 aromatic rings. The minimum absolute atomic E-state index is 0.0164. The van der Waals surface area contributed by atoms with E-state index in [-0.39, 0.29) is 35.5 Å². The van der Waals surface area contributed by atoms with Gasteiger partial charge in [-0.2, -0.15) is 5.10 Å². The lowest BCUT2D eigenvalue weighted by atomic mass is 10.0. The average molecular weight is 511 g/mol. The van der Waals surface area contributed by atoms with E-state index in [1.807, 2.05) is 17.7 Å². The van der Waals surface area contributed by atoms with Gasteiger partial charge in [0.1, 0.15) is 10.5 Å². The molecule has 0 atom stereocenters. The van der Waals surface area contributed by atoms with E-state index in [4.69, 9.17) is 9.84 Å². The van der Waals surface area contributed by atoms with Crippen molar-refractivity contribution in [3.05, 3.63) is 40.7 Å². The molecule has 11 heteroatoms. The highest BCUT2D eigenvalue weighted by molar-refractivity contribution is 7.20. The van der Waals surface area contributed by atoms with Crippen LogP contribution in [0.3, 0.4) is 0 Å². The van der Waals surface area contributed by atoms with Crippen molar-refractivity contribution in [2.75, 3.05) is 31.6 Å². The number of fused-ring (bicyclic) bond motifs is 1. The van der Waals surface area contributed by atoms with Gasteiger partial charge >= 0.3 is 0 Å². The average Bonchev–Trinajstić information content (AvgIpc) is 3.46. The molecule has 2 aliphatic rings. The number of hydrogen-bond acceptors (Lipinski definition) is 7. The van der Waals surface area contributed by atoms with Gasteiger partial charge in [-0.25, -0.2) is 4.98 Å². The molecule has 190 valence electrons. The third-order valence-corrected chi connectivity index (χ3v) is 7.98. The molecule has 2 fully saturated rings. The van der Waals surface area contributed by atoms with Crippen LogP contribution in [0.1, 0.15) is 64.5 Å². The number of likely N-dealkylation sites (tertiary alicyclic amines) is 1. The number of nitrogens with one attached hydrogen (secondary N) is 2. The Bertz CT molecular complexity index is 1270. The van der Waals surface area contributed by atoms with E-state index in [1.54, 1.807) is 24.0 Å². The highest BCUT2D eigenvalue weighted by atomic mass is 32.1. The summed E-state index contributed by atoms with van der Waals surface area (Å²) in [6.07, 6.45) is 4.77. The number of carbonyl (C=O) groups is 3. The number of aryl methyl sites for hydroxylation is 1. The summed E-state index contributed by atoms with van der Waals surface area (Å²) in [7, 11) is 0. The first kappa shape index (κ1) is 24.4. The number of thiophene rings is 1. The Morgan fingerprint density at radius 1 is 1.08 bits per heavy atom. The van der Waals surface area contributed by atoms with E-state index < -0.39 is 0 Å². The number of ether oxygens (including phenoxy) is 1. The summed E-state index contributed by atoms with van der Waals surface area (Å²) in [6, 6.07) is 5.48. The first-order valence-electron chi connectivity index (χ1n) is 12.3. The Hall–Kier alpha value is -3.31. The van der Waals surface area contributed by atoms with Gasteiger partial charge in [0, 0.05) is 44.7 Å². The first-order chi connectivity index (χ1) is 17.4. The van der Waals surface area contributed by atoms with Crippen LogP contribution in [0.15, 0.2) is 24.4 Å². The Labute approximate surface area is 213 Å². The number of amides is 3. The fraction of sp³-hybridized carbons (Fsp3) is 0.480. The Balaban J connectivity index is 1.21. The maximum Gasteiger partial charge on any atom is 0.270 e. The van der Waals surface area contributed by atoms with Gasteiger partial charge in [-0.15, -0.1) is 11.3 Å². The van der Waals surface area contributed by atoms with E-state index in [1.165, 1.54) is 17.5 Å². The van der Waals surface area contributed by atoms with E-state index >= 15 is 0 Å². The number of pyridine rings is 1. The van der Waals surface area contributed by atoms with Crippen LogP contribution in [0.25, 0.3) is 10.2 Å². The fourth-order valence-corrected chi connectivity index (χ4v) is 5.88. The minimum Gasteiger partial charge on any atom is -0.381 e. The molecule has 3 amide bonds. The molecule has 10 nitrogen and oxygen atoms in total. The summed E-state index contributed by atoms with van der Waals surface area (Å²) in [5.41, 5.74) is 1.72. The van der Waals surface area contributed by atoms with Gasteiger partial charge in [-0.1, -0.05) is 0 Å². The van der Waals surface area contributed by atoms with Crippen molar-refractivity contribution in [2.45, 2.75) is 51.6 Å². The molecule has 0 radical (unpaired) electrons. The molecule has 0 unspecified atom stereocenters. The lowest BCUT2D eigenvalue weighted by Crippen LogP contribution is -2.46. The zero-order valence-electron chi connectivity index (χ0n) is 20.5. The summed E-state index contributed by atoms with van der Waals surface area (Å²) in [5.74, 6) is -0.414. The second-order valence-electron chi connectivity index (χ2n) is 9.34. The number of aromatic nitrogens is 3. The molecular weight excluding hydrogens is 480 g/mol. The topological polar surface area (TPSA) is 118 Å². The van der Waals surface area contributed by atoms with Crippen LogP contribution in [0.4, 0.5) is 5.69 Å². The monoisotopic (exact) mass is 510 g/mol. The van der Waals surface area contributed by atoms with Gasteiger partial charge < -0.3 is 20.3 Å². The SMILES string of the molecule is CC(=O)N1CCC(NC(=O)c2ccc(NC(=O)c3cc4c(C)nn(C5CCOCC5)c4s3)cn2)CC1. The van der Waals surface area contributed by atoms with Crippen LogP contribution in [-0.2, 0) is 9.53 Å². The highest BCUT2D eigenvalue weighted by Crippen LogP contribution is 2.33. The smallest absolute Gasteiger partial charge is 0.270 e. The summed E-state index contributed by atoms with van der Waals surface area (Å²) in [4.78, 5) is 44.6. The fourth-order valence-electron chi connectivity index (χ4n) is 4.75. The molecule has 0 aliphatic carbocycles. The number of rotatable bonds is 5. The number of piperidine rings is 1. The lowest BCUT2D eigenvalue weighted by Gasteiger charge is -2.31. The van der Waals surface area contributed by atoms with Crippen molar-refractivity contribution < 1.29 is 19.1 Å². The van der Waals surface area contributed by atoms with Crippen LogP contribution in [0.2, 0.25) is 0 Å². The van der Waals surface area contributed by atoms with Gasteiger partial charge in [0.2, 0.25) is 5.91 Å². The molecule has 0 saturated carbocycles. The van der Waals surface area contributed by atoms with E-state index in [2.05, 4.69) is 15.6 Å². The number of hydrogen-bond donors (Lipinski definition) is 2. The number of anilines is 1. The van der Waals surface area contributed by atoms with Crippen molar-refractivity contribution in [2.24, 2.45) is 0 Å². The molecule has 2 N–H and O–H groups in total. The van der Waals surface area contributed by atoms with Crippen molar-refractivity contribution in [3.63, 3.8) is 0 Å². The highest BCUT2D eigenvalue weighted by Gasteiger charge is 2.24. The second-order valence-corrected chi connectivity index (χ2v) is 10.4. The molecule has 0 spiro atoms. The summed E-state index contributed by atoms with van der Waals surface area (Å²) >= 11 is 1.43. The molecule has 0 aromatic carbocycles. The van der Waals surface area contributed by atoms with Crippen molar-refractivity contribution in [1.29, 1.82) is 0 Å². The molecule has 5 rings (SSSR count). The van der Waals surface area contributed by atoms with Crippen molar-refractivity contribution >= 4 is 45.0 Å². The summed E-state index contributed by atoms with van der Waals surface area (Å²) < 4.78 is 7.53. The largest absolute Gasteiger partial charge is 0.381 e. The minimum atomic E-state index is -0.258. The summed E-state index contributed by atoms with van der Waals surface area (Å²) in [6.45, 7) is 6.26. The Morgan fingerprint density at radius 2 is 1.83 bits per heavy atom. The Kier molecular flexibility index (Phi) is 7.01. The normalized spacial score (nSPS) is 17.3. The standard InChI is InChI=1S/C25H30N6O4S/c1-15-20-13-22(36-25(20)31(29-15)19-7-11-35-12-8-19)24(34)28-18-3-4-21(26-14-18)23(33)27-17-5-9-30(10-6-17)16(2)32/h3-4,13-14,17,19H,5-12H2,1-2H3,(H,27,33)(H,28,34). The van der Waals surface area contributed by atoms with Gasteiger partial charge in [-0.3, -0.25) is 19.1 Å². The molecule has 2 aliphatic heterocycles. The first-order valence-corrected chi connectivity index (χ1v) is 13.1. The molecule has 5 heterocycles. The predicted octanol–water partition coefficient (Wildman–Crippen LogP) is 3.15. The van der Waals surface area contributed by atoms with E-state index in [9.17, 15) is 14.4 Å². The maximum atomic E-state index is 13.0. The Morgan fingerprint density at radius 3 is 2.50 bits per heavy atom. The van der Waals surface area contributed by atoms with Gasteiger partial charge in [0.15, 0.2) is 0 Å². The lowest BCUT2D eigenvalue weighted by molar-refractivity contribution is -0.129. The third kappa shape index (κ3) is 5.12. The summed E-state index contributed by atoms with van der Waals surface area (Å²) in [5, 5.41) is 11.6. The molecule has 3 aromatic heterocycles. The zero-order chi connectivity index (χ0) is 25.2. The van der Waals surface area contributed by atoms with Crippen LogP contribution >= 0.6 is 11.3 Å². The quantitative estimate of drug-likeness (QED) is 0.544. The zero-order valence-corrected chi connectivity index (χ0v) is 21.3. The van der Waals surface area contributed by atoms with Gasteiger partial charge in [0.05, 0.1) is 28.5 Å². The van der Waals surface area contributed by atoms with Crippen LogP contribution in [0, 0.1) is 6.92 Å². The van der Waals surface area contributed by atoms with E-state index in [0.29, 0.717) is 23.7 Å². The van der Waals surface area contributed by atoms with E-state index in [0.717, 1.165) is 54.8 Å². The molecule has 36 heavy (non-hydrogen) atoms. The van der Waals surface area contributed by atoms with Crippen LogP contribution in [-0.4, -0.2) is 69.7 Å². The van der Waals surface area contributed by atoms with Crippen LogP contribution < -0.4 is 10.6 Å². The molecule has 0 bridgehead atoms. The predicted molar refractivity (Wildman–Crippen MR) is 136 cm³/mol. The third-order valence-electron chi connectivity index (χ3n) is 6.86. The molecular formula is C25H30N6O4S. The van der Waals surface area contributed by atoms with Crippen LogP contribution in [0.5, 0.6) is 0 Å². The van der Waals surface area contributed by atoms with Gasteiger partial charge in [0.25, 0.3) is 11.8 Å².